The minimum absolute atomic E-state index is 0.0890. The fourth-order valence-electron chi connectivity index (χ4n) is 5.54. The smallest absolute Gasteiger partial charge is 0.224 e. The molecule has 2 N–H and O–H groups in total. The predicted molar refractivity (Wildman–Crippen MR) is 145 cm³/mol. The first-order valence-electron chi connectivity index (χ1n) is 13.2. The average Bonchev–Trinajstić information content (AvgIpc) is 3.26. The SMILES string of the molecule is COCCCn1c([C@@H]2CCCN(C(=O)C[C@H](N)Cc3ccc4ccccc4c3)C2)nc2ccc(F)cc21. The number of aryl methyl sites for hydroxylation is 1. The summed E-state index contributed by atoms with van der Waals surface area (Å²) >= 11 is 0. The molecule has 0 unspecified atom stereocenters. The van der Waals surface area contributed by atoms with E-state index in [1.807, 2.05) is 17.0 Å². The van der Waals surface area contributed by atoms with E-state index in [4.69, 9.17) is 15.5 Å². The molecule has 194 valence electrons. The highest BCUT2D eigenvalue weighted by Crippen LogP contribution is 2.30. The van der Waals surface area contributed by atoms with Gasteiger partial charge in [-0.15, -0.1) is 0 Å². The minimum Gasteiger partial charge on any atom is -0.385 e. The first kappa shape index (κ1) is 25.4. The van der Waals surface area contributed by atoms with Crippen molar-refractivity contribution < 1.29 is 13.9 Å². The molecule has 0 radical (unpaired) electrons. The van der Waals surface area contributed by atoms with Gasteiger partial charge in [-0.1, -0.05) is 42.5 Å². The van der Waals surface area contributed by atoms with Crippen molar-refractivity contribution in [3.63, 3.8) is 0 Å². The van der Waals surface area contributed by atoms with Crippen LogP contribution in [0, 0.1) is 5.82 Å². The Kier molecular flexibility index (Phi) is 7.82. The van der Waals surface area contributed by atoms with Crippen LogP contribution in [0.2, 0.25) is 0 Å². The number of methoxy groups -OCH3 is 1. The molecule has 1 aliphatic rings. The number of nitrogens with two attached hydrogens (primary N) is 1. The third kappa shape index (κ3) is 5.84. The number of amides is 1. The summed E-state index contributed by atoms with van der Waals surface area (Å²) in [6.07, 6.45) is 3.64. The van der Waals surface area contributed by atoms with Gasteiger partial charge in [-0.25, -0.2) is 9.37 Å². The molecule has 3 aromatic carbocycles. The van der Waals surface area contributed by atoms with Crippen molar-refractivity contribution in [1.29, 1.82) is 0 Å². The lowest BCUT2D eigenvalue weighted by atomic mass is 9.95. The number of benzene rings is 3. The minimum atomic E-state index is -0.271. The molecular weight excluding hydrogens is 467 g/mol. The molecule has 2 atom stereocenters. The average molecular weight is 503 g/mol. The number of rotatable bonds is 9. The molecule has 1 aliphatic heterocycles. The predicted octanol–water partition coefficient (Wildman–Crippen LogP) is 5.03. The van der Waals surface area contributed by atoms with Crippen molar-refractivity contribution in [2.24, 2.45) is 5.73 Å². The van der Waals surface area contributed by atoms with Gasteiger partial charge in [0.15, 0.2) is 0 Å². The van der Waals surface area contributed by atoms with Gasteiger partial charge in [-0.3, -0.25) is 4.79 Å². The Labute approximate surface area is 217 Å². The number of hydrogen-bond donors (Lipinski definition) is 1. The molecule has 0 spiro atoms. The van der Waals surface area contributed by atoms with Gasteiger partial charge in [0.2, 0.25) is 5.91 Å². The second kappa shape index (κ2) is 11.4. The lowest BCUT2D eigenvalue weighted by Gasteiger charge is -2.33. The molecule has 2 heterocycles. The Hall–Kier alpha value is -3.29. The van der Waals surface area contributed by atoms with Crippen molar-refractivity contribution in [2.75, 3.05) is 26.8 Å². The van der Waals surface area contributed by atoms with Gasteiger partial charge in [0.25, 0.3) is 0 Å². The zero-order chi connectivity index (χ0) is 25.8. The van der Waals surface area contributed by atoms with E-state index < -0.39 is 0 Å². The highest BCUT2D eigenvalue weighted by molar-refractivity contribution is 5.83. The van der Waals surface area contributed by atoms with E-state index in [0.717, 1.165) is 48.2 Å². The number of carbonyl (C=O) groups is 1. The molecule has 0 saturated carbocycles. The van der Waals surface area contributed by atoms with Gasteiger partial charge >= 0.3 is 0 Å². The van der Waals surface area contributed by atoms with E-state index in [9.17, 15) is 9.18 Å². The molecule has 0 aliphatic carbocycles. The van der Waals surface area contributed by atoms with Crippen LogP contribution in [0.1, 0.15) is 43.0 Å². The lowest BCUT2D eigenvalue weighted by molar-refractivity contribution is -0.132. The number of fused-ring (bicyclic) bond motifs is 2. The zero-order valence-electron chi connectivity index (χ0n) is 21.4. The molecule has 1 aromatic heterocycles. The molecule has 1 saturated heterocycles. The van der Waals surface area contributed by atoms with Crippen molar-refractivity contribution >= 4 is 27.7 Å². The van der Waals surface area contributed by atoms with Crippen LogP contribution in [-0.4, -0.2) is 53.2 Å². The highest BCUT2D eigenvalue weighted by Gasteiger charge is 2.29. The van der Waals surface area contributed by atoms with Crippen LogP contribution >= 0.6 is 0 Å². The van der Waals surface area contributed by atoms with Crippen LogP contribution in [-0.2, 0) is 22.5 Å². The molecule has 37 heavy (non-hydrogen) atoms. The second-order valence-corrected chi connectivity index (χ2v) is 10.1. The Balaban J connectivity index is 1.27. The molecule has 1 amide bonds. The Morgan fingerprint density at radius 3 is 2.84 bits per heavy atom. The number of nitrogens with zero attached hydrogens (tertiary/aromatic N) is 3. The maximum Gasteiger partial charge on any atom is 0.224 e. The van der Waals surface area contributed by atoms with Gasteiger partial charge in [-0.05, 0) is 60.2 Å². The highest BCUT2D eigenvalue weighted by atomic mass is 19.1. The van der Waals surface area contributed by atoms with E-state index in [0.29, 0.717) is 32.5 Å². The molecule has 0 bridgehead atoms. The number of ether oxygens (including phenoxy) is 1. The number of imidazole rings is 1. The quantitative estimate of drug-likeness (QED) is 0.326. The normalized spacial score (nSPS) is 16.9. The van der Waals surface area contributed by atoms with Crippen LogP contribution < -0.4 is 5.73 Å². The van der Waals surface area contributed by atoms with Gasteiger partial charge in [0, 0.05) is 51.7 Å². The van der Waals surface area contributed by atoms with Gasteiger partial charge in [0.05, 0.1) is 11.0 Å². The maximum absolute atomic E-state index is 14.0. The first-order valence-corrected chi connectivity index (χ1v) is 13.2. The summed E-state index contributed by atoms with van der Waals surface area (Å²) in [5.74, 6) is 0.848. The van der Waals surface area contributed by atoms with Crippen LogP contribution in [0.4, 0.5) is 4.39 Å². The third-order valence-electron chi connectivity index (χ3n) is 7.36. The number of carbonyl (C=O) groups excluding carboxylic acids is 1. The van der Waals surface area contributed by atoms with Crippen LogP contribution in [0.3, 0.4) is 0 Å². The maximum atomic E-state index is 14.0. The number of halogens is 1. The second-order valence-electron chi connectivity index (χ2n) is 10.1. The van der Waals surface area contributed by atoms with E-state index in [1.54, 1.807) is 19.2 Å². The zero-order valence-corrected chi connectivity index (χ0v) is 21.4. The van der Waals surface area contributed by atoms with Crippen molar-refractivity contribution in [1.82, 2.24) is 14.5 Å². The molecule has 6 nitrogen and oxygen atoms in total. The largest absolute Gasteiger partial charge is 0.385 e. The summed E-state index contributed by atoms with van der Waals surface area (Å²) in [6.45, 7) is 2.66. The summed E-state index contributed by atoms with van der Waals surface area (Å²) in [7, 11) is 1.68. The first-order chi connectivity index (χ1) is 18.0. The van der Waals surface area contributed by atoms with Crippen molar-refractivity contribution in [2.45, 2.75) is 50.6 Å². The third-order valence-corrected chi connectivity index (χ3v) is 7.36. The van der Waals surface area contributed by atoms with E-state index in [1.165, 1.54) is 16.8 Å². The van der Waals surface area contributed by atoms with Crippen molar-refractivity contribution in [3.8, 4) is 0 Å². The summed E-state index contributed by atoms with van der Waals surface area (Å²) in [4.78, 5) is 20.1. The Morgan fingerprint density at radius 2 is 2.00 bits per heavy atom. The lowest BCUT2D eigenvalue weighted by Crippen LogP contribution is -2.42. The number of hydrogen-bond acceptors (Lipinski definition) is 4. The summed E-state index contributed by atoms with van der Waals surface area (Å²) < 4.78 is 21.4. The standard InChI is InChI=1S/C30H35FN4O2/c1-37-15-5-14-35-28-18-25(31)11-12-27(28)33-30(35)24-8-4-13-34(20-24)29(36)19-26(32)17-21-9-10-22-6-2-3-7-23(22)16-21/h2-3,6-7,9-12,16,18,24,26H,4-5,8,13-15,17,19-20,32H2,1H3/t24-,26-/m1/s1. The Bertz CT molecular complexity index is 1380. The van der Waals surface area contributed by atoms with Crippen LogP contribution in [0.5, 0.6) is 0 Å². The molecule has 1 fully saturated rings. The monoisotopic (exact) mass is 502 g/mol. The van der Waals surface area contributed by atoms with Gasteiger partial charge < -0.3 is 19.9 Å². The molecule has 5 rings (SSSR count). The van der Waals surface area contributed by atoms with Gasteiger partial charge in [-0.2, -0.15) is 0 Å². The number of piperidine rings is 1. The summed E-state index contributed by atoms with van der Waals surface area (Å²) in [5, 5.41) is 2.39. The fourth-order valence-corrected chi connectivity index (χ4v) is 5.54. The topological polar surface area (TPSA) is 73.4 Å². The van der Waals surface area contributed by atoms with E-state index in [-0.39, 0.29) is 23.7 Å². The molecule has 7 heteroatoms. The van der Waals surface area contributed by atoms with Crippen LogP contribution in [0.25, 0.3) is 21.8 Å². The Morgan fingerprint density at radius 1 is 1.16 bits per heavy atom. The number of likely N-dealkylation sites (tertiary alicyclic amines) is 1. The summed E-state index contributed by atoms with van der Waals surface area (Å²) in [6, 6.07) is 19.1. The molecular formula is C30H35FN4O2. The molecule has 4 aromatic rings. The number of aromatic nitrogens is 2. The van der Waals surface area contributed by atoms with E-state index in [2.05, 4.69) is 34.9 Å². The summed E-state index contributed by atoms with van der Waals surface area (Å²) in [5.41, 5.74) is 9.18. The van der Waals surface area contributed by atoms with E-state index >= 15 is 0 Å². The van der Waals surface area contributed by atoms with Crippen LogP contribution in [0.15, 0.2) is 60.7 Å². The fraction of sp³-hybridized carbons (Fsp3) is 0.400. The van der Waals surface area contributed by atoms with Crippen molar-refractivity contribution in [3.05, 3.63) is 77.9 Å². The van der Waals surface area contributed by atoms with Gasteiger partial charge in [0.1, 0.15) is 11.6 Å².